The second kappa shape index (κ2) is 4.45. The summed E-state index contributed by atoms with van der Waals surface area (Å²) >= 11 is 2.16. The van der Waals surface area contributed by atoms with E-state index < -0.39 is 0 Å². The Labute approximate surface area is 109 Å². The van der Waals surface area contributed by atoms with E-state index in [9.17, 15) is 0 Å². The van der Waals surface area contributed by atoms with E-state index in [1.54, 1.807) is 19.3 Å². The highest BCUT2D eigenvalue weighted by Gasteiger charge is 2.53. The Balaban J connectivity index is 1.34. The van der Waals surface area contributed by atoms with E-state index in [1.165, 1.54) is 37.3 Å². The van der Waals surface area contributed by atoms with Crippen molar-refractivity contribution < 1.29 is 0 Å². The zero-order valence-corrected chi connectivity index (χ0v) is 11.6. The van der Waals surface area contributed by atoms with Crippen molar-refractivity contribution in [2.24, 2.45) is 29.6 Å². The first-order valence-electron chi connectivity index (χ1n) is 7.73. The molecule has 17 heavy (non-hydrogen) atoms. The monoisotopic (exact) mass is 251 g/mol. The fourth-order valence-electron chi connectivity index (χ4n) is 5.37. The van der Waals surface area contributed by atoms with Crippen LogP contribution in [0.4, 0.5) is 0 Å². The van der Waals surface area contributed by atoms with Crippen LogP contribution in [0.15, 0.2) is 0 Å². The normalized spacial score (nSPS) is 52.2. The Morgan fingerprint density at radius 3 is 2.82 bits per heavy atom. The number of rotatable bonds is 3. The molecular formula is C15H25NS. The fourth-order valence-corrected chi connectivity index (χ4v) is 6.65. The molecule has 0 amide bonds. The average Bonchev–Trinajstić information content (AvgIpc) is 3.08. The summed E-state index contributed by atoms with van der Waals surface area (Å²) in [4.78, 5) is 0. The largest absolute Gasteiger partial charge is 0.313 e. The third-order valence-electron chi connectivity index (χ3n) is 6.12. The van der Waals surface area contributed by atoms with E-state index in [2.05, 4.69) is 17.1 Å². The minimum absolute atomic E-state index is 0.907. The molecule has 4 rings (SSSR count). The van der Waals surface area contributed by atoms with Gasteiger partial charge in [0.15, 0.2) is 0 Å². The highest BCUT2D eigenvalue weighted by Crippen LogP contribution is 2.58. The second-order valence-electron chi connectivity index (χ2n) is 6.90. The summed E-state index contributed by atoms with van der Waals surface area (Å²) in [6, 6.07) is 0.907. The molecule has 0 aromatic heterocycles. The van der Waals surface area contributed by atoms with Crippen LogP contribution >= 0.6 is 11.8 Å². The molecule has 1 nitrogen and oxygen atoms in total. The van der Waals surface area contributed by atoms with Gasteiger partial charge >= 0.3 is 0 Å². The quantitative estimate of drug-likeness (QED) is 0.827. The number of nitrogens with one attached hydrogen (secondary N) is 1. The Bertz CT molecular complexity index is 287. The molecule has 2 heteroatoms. The van der Waals surface area contributed by atoms with Crippen LogP contribution in [0.25, 0.3) is 0 Å². The molecule has 0 aromatic rings. The summed E-state index contributed by atoms with van der Waals surface area (Å²) < 4.78 is 0. The predicted molar refractivity (Wildman–Crippen MR) is 74.3 cm³/mol. The molecule has 6 unspecified atom stereocenters. The second-order valence-corrected chi connectivity index (χ2v) is 8.05. The van der Waals surface area contributed by atoms with E-state index >= 15 is 0 Å². The third-order valence-corrected chi connectivity index (χ3v) is 7.35. The van der Waals surface area contributed by atoms with Crippen LogP contribution in [0.2, 0.25) is 0 Å². The molecule has 4 fully saturated rings. The minimum Gasteiger partial charge on any atom is -0.313 e. The van der Waals surface area contributed by atoms with Crippen molar-refractivity contribution in [1.82, 2.24) is 5.32 Å². The van der Waals surface area contributed by atoms with Crippen molar-refractivity contribution in [3.8, 4) is 0 Å². The van der Waals surface area contributed by atoms with Gasteiger partial charge in [-0.3, -0.25) is 0 Å². The Kier molecular flexibility index (Phi) is 2.92. The maximum absolute atomic E-state index is 3.95. The average molecular weight is 251 g/mol. The summed E-state index contributed by atoms with van der Waals surface area (Å²) in [6.07, 6.45) is 9.22. The number of hydrogen-bond acceptors (Lipinski definition) is 2. The molecule has 3 saturated carbocycles. The van der Waals surface area contributed by atoms with E-state index in [4.69, 9.17) is 0 Å². The molecule has 0 aromatic carbocycles. The molecule has 1 N–H and O–H groups in total. The van der Waals surface area contributed by atoms with Crippen LogP contribution in [0.3, 0.4) is 0 Å². The molecule has 2 bridgehead atoms. The van der Waals surface area contributed by atoms with Crippen LogP contribution in [0.5, 0.6) is 0 Å². The van der Waals surface area contributed by atoms with Gasteiger partial charge in [0, 0.05) is 6.04 Å². The van der Waals surface area contributed by atoms with Crippen LogP contribution in [0.1, 0.15) is 38.5 Å². The zero-order chi connectivity index (χ0) is 11.2. The first kappa shape index (κ1) is 11.2. The van der Waals surface area contributed by atoms with Crippen LogP contribution in [-0.4, -0.2) is 24.1 Å². The number of fused-ring (bicyclic) bond motifs is 5. The van der Waals surface area contributed by atoms with Crippen molar-refractivity contribution in [2.45, 2.75) is 44.6 Å². The standard InChI is InChI=1S/C15H25NS/c1-2-12-11-6-14(13(12)3-1)15(7-11)16-8-10-4-5-17-9-10/h10-16H,1-9H2. The lowest BCUT2D eigenvalue weighted by Gasteiger charge is -2.32. The van der Waals surface area contributed by atoms with Crippen molar-refractivity contribution in [3.63, 3.8) is 0 Å². The maximum Gasteiger partial charge on any atom is 0.0101 e. The van der Waals surface area contributed by atoms with Crippen molar-refractivity contribution >= 4 is 11.8 Å². The molecule has 6 atom stereocenters. The first-order valence-corrected chi connectivity index (χ1v) is 8.88. The SMILES string of the molecule is C1CC2C3CC(NCC4CCSC4)C(C3)C2C1. The topological polar surface area (TPSA) is 12.0 Å². The summed E-state index contributed by atoms with van der Waals surface area (Å²) in [5.74, 6) is 8.28. The van der Waals surface area contributed by atoms with E-state index in [-0.39, 0.29) is 0 Å². The lowest BCUT2D eigenvalue weighted by molar-refractivity contribution is 0.205. The third kappa shape index (κ3) is 1.87. The molecule has 4 aliphatic rings. The van der Waals surface area contributed by atoms with Gasteiger partial charge in [-0.05, 0) is 79.7 Å². The first-order chi connectivity index (χ1) is 8.42. The van der Waals surface area contributed by atoms with Gasteiger partial charge in [-0.25, -0.2) is 0 Å². The van der Waals surface area contributed by atoms with Crippen LogP contribution in [-0.2, 0) is 0 Å². The summed E-state index contributed by atoms with van der Waals surface area (Å²) in [7, 11) is 0. The van der Waals surface area contributed by atoms with Crippen molar-refractivity contribution in [2.75, 3.05) is 18.1 Å². The van der Waals surface area contributed by atoms with E-state index in [0.717, 1.165) is 35.6 Å². The molecule has 1 heterocycles. The van der Waals surface area contributed by atoms with Gasteiger partial charge in [0.1, 0.15) is 0 Å². The Morgan fingerprint density at radius 2 is 1.94 bits per heavy atom. The minimum atomic E-state index is 0.907. The smallest absolute Gasteiger partial charge is 0.0101 e. The van der Waals surface area contributed by atoms with Crippen LogP contribution in [0, 0.1) is 29.6 Å². The summed E-state index contributed by atoms with van der Waals surface area (Å²) in [6.45, 7) is 1.32. The molecule has 1 saturated heterocycles. The fraction of sp³-hybridized carbons (Fsp3) is 1.00. The van der Waals surface area contributed by atoms with E-state index in [1.807, 2.05) is 0 Å². The molecule has 96 valence electrons. The molecular weight excluding hydrogens is 226 g/mol. The number of thioether (sulfide) groups is 1. The van der Waals surface area contributed by atoms with Gasteiger partial charge in [0.2, 0.25) is 0 Å². The van der Waals surface area contributed by atoms with E-state index in [0.29, 0.717) is 0 Å². The predicted octanol–water partition coefficient (Wildman–Crippen LogP) is 3.15. The zero-order valence-electron chi connectivity index (χ0n) is 10.7. The molecule has 1 aliphatic heterocycles. The van der Waals surface area contributed by atoms with Crippen molar-refractivity contribution in [3.05, 3.63) is 0 Å². The number of hydrogen-bond donors (Lipinski definition) is 1. The van der Waals surface area contributed by atoms with Crippen LogP contribution < -0.4 is 5.32 Å². The van der Waals surface area contributed by atoms with Gasteiger partial charge < -0.3 is 5.32 Å². The van der Waals surface area contributed by atoms with Gasteiger partial charge in [-0.15, -0.1) is 0 Å². The van der Waals surface area contributed by atoms with Gasteiger partial charge in [0.05, 0.1) is 0 Å². The Morgan fingerprint density at radius 1 is 1.00 bits per heavy atom. The molecule has 3 aliphatic carbocycles. The Hall–Kier alpha value is 0.310. The highest BCUT2D eigenvalue weighted by atomic mass is 32.2. The summed E-state index contributed by atoms with van der Waals surface area (Å²) in [5.41, 5.74) is 0. The molecule has 0 spiro atoms. The molecule has 0 radical (unpaired) electrons. The summed E-state index contributed by atoms with van der Waals surface area (Å²) in [5, 5.41) is 3.95. The van der Waals surface area contributed by atoms with Crippen molar-refractivity contribution in [1.29, 1.82) is 0 Å². The van der Waals surface area contributed by atoms with Gasteiger partial charge in [-0.2, -0.15) is 11.8 Å². The van der Waals surface area contributed by atoms with Gasteiger partial charge in [-0.1, -0.05) is 6.42 Å². The lowest BCUT2D eigenvalue weighted by Crippen LogP contribution is -2.41. The van der Waals surface area contributed by atoms with Gasteiger partial charge in [0.25, 0.3) is 0 Å². The lowest BCUT2D eigenvalue weighted by atomic mass is 9.79. The maximum atomic E-state index is 3.95. The highest BCUT2D eigenvalue weighted by molar-refractivity contribution is 7.99.